The van der Waals surface area contributed by atoms with Crippen molar-refractivity contribution in [2.24, 2.45) is 11.7 Å². The maximum absolute atomic E-state index is 6.27. The molecule has 0 amide bonds. The van der Waals surface area contributed by atoms with Gasteiger partial charge in [-0.3, -0.25) is 4.90 Å². The van der Waals surface area contributed by atoms with E-state index in [1.54, 1.807) is 0 Å². The van der Waals surface area contributed by atoms with Gasteiger partial charge >= 0.3 is 0 Å². The SMILES string of the molecule is CC1CC(C)N(CC(N)CCc2ccccc2)C1. The normalized spacial score (nSPS) is 26.4. The van der Waals surface area contributed by atoms with E-state index < -0.39 is 0 Å². The summed E-state index contributed by atoms with van der Waals surface area (Å²) >= 11 is 0. The Kier molecular flexibility index (Phi) is 4.79. The third-order valence-corrected chi connectivity index (χ3v) is 4.03. The zero-order valence-corrected chi connectivity index (χ0v) is 11.7. The van der Waals surface area contributed by atoms with Crippen molar-refractivity contribution in [3.63, 3.8) is 0 Å². The smallest absolute Gasteiger partial charge is 0.0171 e. The molecule has 3 unspecified atom stereocenters. The van der Waals surface area contributed by atoms with E-state index in [-0.39, 0.29) is 0 Å². The number of hydrogen-bond acceptors (Lipinski definition) is 2. The number of nitrogens with two attached hydrogens (primary N) is 1. The second-order valence-corrected chi connectivity index (χ2v) is 5.93. The predicted octanol–water partition coefficient (Wildman–Crippen LogP) is 2.68. The molecule has 1 saturated heterocycles. The van der Waals surface area contributed by atoms with Crippen LogP contribution in [0.5, 0.6) is 0 Å². The molecule has 1 aliphatic heterocycles. The summed E-state index contributed by atoms with van der Waals surface area (Å²) in [5, 5.41) is 0. The summed E-state index contributed by atoms with van der Waals surface area (Å²) in [6.45, 7) is 6.94. The second kappa shape index (κ2) is 6.35. The molecule has 100 valence electrons. The van der Waals surface area contributed by atoms with Crippen LogP contribution in [0, 0.1) is 5.92 Å². The van der Waals surface area contributed by atoms with Crippen LogP contribution in [-0.4, -0.2) is 30.1 Å². The van der Waals surface area contributed by atoms with Crippen LogP contribution in [0.25, 0.3) is 0 Å². The molecule has 0 saturated carbocycles. The number of hydrogen-bond donors (Lipinski definition) is 1. The second-order valence-electron chi connectivity index (χ2n) is 5.93. The highest BCUT2D eigenvalue weighted by Crippen LogP contribution is 2.22. The molecule has 2 nitrogen and oxygen atoms in total. The van der Waals surface area contributed by atoms with Crippen molar-refractivity contribution in [3.05, 3.63) is 35.9 Å². The van der Waals surface area contributed by atoms with Gasteiger partial charge in [-0.2, -0.15) is 0 Å². The van der Waals surface area contributed by atoms with Gasteiger partial charge in [0.15, 0.2) is 0 Å². The average Bonchev–Trinajstić information content (AvgIpc) is 2.67. The fourth-order valence-electron chi connectivity index (χ4n) is 3.03. The maximum atomic E-state index is 6.27. The van der Waals surface area contributed by atoms with Gasteiger partial charge in [0, 0.05) is 25.2 Å². The topological polar surface area (TPSA) is 29.3 Å². The lowest BCUT2D eigenvalue weighted by molar-refractivity contribution is 0.244. The highest BCUT2D eigenvalue weighted by molar-refractivity contribution is 5.14. The van der Waals surface area contributed by atoms with Crippen LogP contribution in [-0.2, 0) is 6.42 Å². The van der Waals surface area contributed by atoms with Crippen LogP contribution in [0.2, 0.25) is 0 Å². The first-order valence-corrected chi connectivity index (χ1v) is 7.18. The summed E-state index contributed by atoms with van der Waals surface area (Å²) in [7, 11) is 0. The fourth-order valence-corrected chi connectivity index (χ4v) is 3.03. The number of aryl methyl sites for hydroxylation is 1. The van der Waals surface area contributed by atoms with Crippen molar-refractivity contribution in [1.82, 2.24) is 4.90 Å². The molecular weight excluding hydrogens is 220 g/mol. The van der Waals surface area contributed by atoms with Crippen LogP contribution < -0.4 is 5.73 Å². The molecule has 0 aromatic heterocycles. The molecule has 0 spiro atoms. The summed E-state index contributed by atoms with van der Waals surface area (Å²) in [5.41, 5.74) is 7.67. The standard InChI is InChI=1S/C16H26N2/c1-13-10-14(2)18(11-13)12-16(17)9-8-15-6-4-3-5-7-15/h3-7,13-14,16H,8-12,17H2,1-2H3. The third kappa shape index (κ3) is 3.82. The summed E-state index contributed by atoms with van der Waals surface area (Å²) < 4.78 is 0. The van der Waals surface area contributed by atoms with Crippen molar-refractivity contribution >= 4 is 0 Å². The van der Waals surface area contributed by atoms with Crippen LogP contribution >= 0.6 is 0 Å². The molecule has 0 radical (unpaired) electrons. The quantitative estimate of drug-likeness (QED) is 0.865. The Morgan fingerprint density at radius 2 is 2.00 bits per heavy atom. The molecule has 1 aliphatic rings. The highest BCUT2D eigenvalue weighted by Gasteiger charge is 2.26. The number of benzene rings is 1. The molecule has 2 heteroatoms. The highest BCUT2D eigenvalue weighted by atomic mass is 15.2. The monoisotopic (exact) mass is 246 g/mol. The molecule has 1 fully saturated rings. The van der Waals surface area contributed by atoms with E-state index in [2.05, 4.69) is 49.1 Å². The Hall–Kier alpha value is -0.860. The molecule has 0 aliphatic carbocycles. The summed E-state index contributed by atoms with van der Waals surface area (Å²) in [6, 6.07) is 11.7. The zero-order chi connectivity index (χ0) is 13.0. The van der Waals surface area contributed by atoms with E-state index in [9.17, 15) is 0 Å². The van der Waals surface area contributed by atoms with Crippen molar-refractivity contribution in [1.29, 1.82) is 0 Å². The Morgan fingerprint density at radius 3 is 2.61 bits per heavy atom. The number of rotatable bonds is 5. The Bertz CT molecular complexity index is 349. The minimum absolute atomic E-state index is 0.304. The summed E-state index contributed by atoms with van der Waals surface area (Å²) in [5.74, 6) is 0.835. The van der Waals surface area contributed by atoms with E-state index in [1.807, 2.05) is 0 Å². The summed E-state index contributed by atoms with van der Waals surface area (Å²) in [6.07, 6.45) is 3.51. The van der Waals surface area contributed by atoms with Gasteiger partial charge in [0.1, 0.15) is 0 Å². The fraction of sp³-hybridized carbons (Fsp3) is 0.625. The molecule has 1 aromatic carbocycles. The first-order valence-electron chi connectivity index (χ1n) is 7.18. The Balaban J connectivity index is 1.74. The van der Waals surface area contributed by atoms with Crippen LogP contribution in [0.15, 0.2) is 30.3 Å². The van der Waals surface area contributed by atoms with E-state index in [0.29, 0.717) is 12.1 Å². The molecule has 2 rings (SSSR count). The lowest BCUT2D eigenvalue weighted by Crippen LogP contribution is -2.39. The van der Waals surface area contributed by atoms with Crippen molar-refractivity contribution in [2.45, 2.75) is 45.2 Å². The first-order chi connectivity index (χ1) is 8.65. The lowest BCUT2D eigenvalue weighted by atomic mass is 10.1. The van der Waals surface area contributed by atoms with Gasteiger partial charge in [-0.25, -0.2) is 0 Å². The largest absolute Gasteiger partial charge is 0.327 e. The van der Waals surface area contributed by atoms with E-state index in [4.69, 9.17) is 5.73 Å². The minimum atomic E-state index is 0.304. The van der Waals surface area contributed by atoms with E-state index in [1.165, 1.54) is 18.5 Å². The number of likely N-dealkylation sites (tertiary alicyclic amines) is 1. The zero-order valence-electron chi connectivity index (χ0n) is 11.7. The average molecular weight is 246 g/mol. The van der Waals surface area contributed by atoms with E-state index in [0.717, 1.165) is 25.3 Å². The first kappa shape index (κ1) is 13.6. The van der Waals surface area contributed by atoms with Gasteiger partial charge in [0.2, 0.25) is 0 Å². The van der Waals surface area contributed by atoms with E-state index >= 15 is 0 Å². The lowest BCUT2D eigenvalue weighted by Gasteiger charge is -2.24. The van der Waals surface area contributed by atoms with Crippen LogP contribution in [0.3, 0.4) is 0 Å². The predicted molar refractivity (Wildman–Crippen MR) is 77.6 cm³/mol. The molecule has 1 heterocycles. The van der Waals surface area contributed by atoms with Crippen molar-refractivity contribution < 1.29 is 0 Å². The maximum Gasteiger partial charge on any atom is 0.0171 e. The van der Waals surface area contributed by atoms with Gasteiger partial charge in [0.05, 0.1) is 0 Å². The Labute approximate surface area is 111 Å². The number of nitrogens with zero attached hydrogens (tertiary/aromatic N) is 1. The van der Waals surface area contributed by atoms with Gasteiger partial charge < -0.3 is 5.73 Å². The van der Waals surface area contributed by atoms with Crippen LogP contribution in [0.1, 0.15) is 32.3 Å². The molecule has 2 N–H and O–H groups in total. The molecule has 18 heavy (non-hydrogen) atoms. The van der Waals surface area contributed by atoms with Gasteiger partial charge in [-0.05, 0) is 37.7 Å². The van der Waals surface area contributed by atoms with Crippen LogP contribution in [0.4, 0.5) is 0 Å². The third-order valence-electron chi connectivity index (χ3n) is 4.03. The molecule has 1 aromatic rings. The Morgan fingerprint density at radius 1 is 1.28 bits per heavy atom. The summed E-state index contributed by atoms with van der Waals surface area (Å²) in [4.78, 5) is 2.56. The minimum Gasteiger partial charge on any atom is -0.327 e. The van der Waals surface area contributed by atoms with Gasteiger partial charge in [0.25, 0.3) is 0 Å². The van der Waals surface area contributed by atoms with Crippen molar-refractivity contribution in [3.8, 4) is 0 Å². The molecule has 3 atom stereocenters. The van der Waals surface area contributed by atoms with Crippen molar-refractivity contribution in [2.75, 3.05) is 13.1 Å². The molecular formula is C16H26N2. The molecule has 0 bridgehead atoms. The van der Waals surface area contributed by atoms with Gasteiger partial charge in [-0.1, -0.05) is 37.3 Å². The van der Waals surface area contributed by atoms with Gasteiger partial charge in [-0.15, -0.1) is 0 Å².